The molecule has 26 heavy (non-hydrogen) atoms. The number of guanidine groups is 1. The first-order valence-electron chi connectivity index (χ1n) is 9.16. The number of furan rings is 1. The quantitative estimate of drug-likeness (QED) is 0.549. The van der Waals surface area contributed by atoms with E-state index in [1.54, 1.807) is 6.26 Å². The van der Waals surface area contributed by atoms with Gasteiger partial charge < -0.3 is 19.8 Å². The van der Waals surface area contributed by atoms with Crippen LogP contribution in [0.25, 0.3) is 0 Å². The fourth-order valence-corrected chi connectivity index (χ4v) is 2.98. The number of hydrogen-bond acceptors (Lipinski definition) is 3. The molecule has 1 unspecified atom stereocenters. The number of rotatable bonds is 8. The van der Waals surface area contributed by atoms with Crippen LogP contribution in [0.3, 0.4) is 0 Å². The Hall–Kier alpha value is -1.98. The van der Waals surface area contributed by atoms with Crippen LogP contribution in [0.15, 0.2) is 52.1 Å². The van der Waals surface area contributed by atoms with E-state index in [0.29, 0.717) is 5.92 Å². The van der Waals surface area contributed by atoms with Crippen LogP contribution in [0.4, 0.5) is 0 Å². The van der Waals surface area contributed by atoms with Crippen LogP contribution in [0.2, 0.25) is 5.02 Å². The summed E-state index contributed by atoms with van der Waals surface area (Å²) < 4.78 is 10.8. The molecule has 2 aromatic rings. The van der Waals surface area contributed by atoms with E-state index in [9.17, 15) is 0 Å². The molecule has 1 aromatic heterocycles. The third kappa shape index (κ3) is 6.39. The van der Waals surface area contributed by atoms with Gasteiger partial charge in [0.05, 0.1) is 12.9 Å². The Bertz CT molecular complexity index is 665. The van der Waals surface area contributed by atoms with Crippen molar-refractivity contribution in [1.29, 1.82) is 0 Å². The minimum absolute atomic E-state index is 0.523. The van der Waals surface area contributed by atoms with Crippen LogP contribution in [-0.4, -0.2) is 38.8 Å². The van der Waals surface area contributed by atoms with E-state index in [1.807, 2.05) is 24.3 Å². The van der Waals surface area contributed by atoms with Gasteiger partial charge in [0.25, 0.3) is 0 Å². The van der Waals surface area contributed by atoms with Crippen LogP contribution in [-0.2, 0) is 17.6 Å². The lowest BCUT2D eigenvalue weighted by Gasteiger charge is -2.13. The minimum Gasteiger partial charge on any atom is -0.469 e. The number of hydrogen-bond donors (Lipinski definition) is 2. The minimum atomic E-state index is 0.523. The van der Waals surface area contributed by atoms with Gasteiger partial charge in [-0.05, 0) is 42.7 Å². The lowest BCUT2D eigenvalue weighted by atomic mass is 10.1. The average molecular weight is 376 g/mol. The van der Waals surface area contributed by atoms with Crippen molar-refractivity contribution in [2.75, 3.05) is 32.8 Å². The summed E-state index contributed by atoms with van der Waals surface area (Å²) in [6.45, 7) is 4.05. The molecule has 0 amide bonds. The highest BCUT2D eigenvalue weighted by Gasteiger charge is 2.15. The average Bonchev–Trinajstić information content (AvgIpc) is 3.35. The fraction of sp³-hybridized carbons (Fsp3) is 0.450. The molecule has 0 saturated carbocycles. The Labute approximate surface area is 159 Å². The van der Waals surface area contributed by atoms with Crippen molar-refractivity contribution >= 4 is 17.6 Å². The number of aliphatic imine (C=N–C) groups is 1. The standard InChI is InChI=1S/C20H26ClN3O2/c21-18-5-3-16(4-6-18)7-10-22-20(24-14-17-9-13-25-15-17)23-11-8-19-2-1-12-26-19/h1-6,12,17H,7-11,13-15H2,(H2,22,23,24). The summed E-state index contributed by atoms with van der Waals surface area (Å²) >= 11 is 5.94. The summed E-state index contributed by atoms with van der Waals surface area (Å²) in [5, 5.41) is 7.58. The molecule has 0 aliphatic carbocycles. The first-order valence-corrected chi connectivity index (χ1v) is 9.54. The third-order valence-corrected chi connectivity index (χ3v) is 4.65. The highest BCUT2D eigenvalue weighted by Crippen LogP contribution is 2.12. The maximum Gasteiger partial charge on any atom is 0.191 e. The Kier molecular flexibility index (Phi) is 7.40. The van der Waals surface area contributed by atoms with E-state index in [4.69, 9.17) is 25.7 Å². The Balaban J connectivity index is 1.47. The molecule has 1 atom stereocenters. The first-order chi connectivity index (χ1) is 12.8. The highest BCUT2D eigenvalue weighted by molar-refractivity contribution is 6.30. The van der Waals surface area contributed by atoms with Crippen LogP contribution in [0.1, 0.15) is 17.7 Å². The van der Waals surface area contributed by atoms with E-state index >= 15 is 0 Å². The van der Waals surface area contributed by atoms with Crippen molar-refractivity contribution in [1.82, 2.24) is 10.6 Å². The number of nitrogens with zero attached hydrogens (tertiary/aromatic N) is 1. The molecule has 1 aromatic carbocycles. The van der Waals surface area contributed by atoms with E-state index in [-0.39, 0.29) is 0 Å². The van der Waals surface area contributed by atoms with Crippen LogP contribution in [0, 0.1) is 5.92 Å². The van der Waals surface area contributed by atoms with Gasteiger partial charge in [0.2, 0.25) is 0 Å². The van der Waals surface area contributed by atoms with Crippen LogP contribution < -0.4 is 10.6 Å². The molecule has 0 radical (unpaired) electrons. The fourth-order valence-electron chi connectivity index (χ4n) is 2.86. The van der Waals surface area contributed by atoms with Gasteiger partial charge in [-0.1, -0.05) is 23.7 Å². The van der Waals surface area contributed by atoms with Gasteiger partial charge in [0.1, 0.15) is 5.76 Å². The predicted molar refractivity (Wildman–Crippen MR) is 105 cm³/mol. The van der Waals surface area contributed by atoms with Gasteiger partial charge in [-0.15, -0.1) is 0 Å². The summed E-state index contributed by atoms with van der Waals surface area (Å²) in [6, 6.07) is 11.9. The lowest BCUT2D eigenvalue weighted by Crippen LogP contribution is -2.39. The Morgan fingerprint density at radius 3 is 2.62 bits per heavy atom. The lowest BCUT2D eigenvalue weighted by molar-refractivity contribution is 0.187. The third-order valence-electron chi connectivity index (χ3n) is 4.39. The molecule has 1 aliphatic rings. The maximum atomic E-state index is 5.94. The first kappa shape index (κ1) is 18.8. The van der Waals surface area contributed by atoms with Crippen molar-refractivity contribution in [2.24, 2.45) is 10.9 Å². The summed E-state index contributed by atoms with van der Waals surface area (Å²) in [4.78, 5) is 4.73. The number of benzene rings is 1. The summed E-state index contributed by atoms with van der Waals surface area (Å²) in [5.41, 5.74) is 1.25. The topological polar surface area (TPSA) is 58.8 Å². The van der Waals surface area contributed by atoms with Crippen LogP contribution >= 0.6 is 11.6 Å². The summed E-state index contributed by atoms with van der Waals surface area (Å²) in [7, 11) is 0. The van der Waals surface area contributed by atoms with Gasteiger partial charge in [0.15, 0.2) is 5.96 Å². The smallest absolute Gasteiger partial charge is 0.191 e. The SMILES string of the molecule is Clc1ccc(CCNC(=NCC2CCOC2)NCCc2ccco2)cc1. The van der Waals surface area contributed by atoms with Crippen molar-refractivity contribution in [3.63, 3.8) is 0 Å². The molecule has 3 rings (SSSR count). The van der Waals surface area contributed by atoms with Crippen molar-refractivity contribution < 1.29 is 9.15 Å². The molecular weight excluding hydrogens is 350 g/mol. The van der Waals surface area contributed by atoms with Crippen molar-refractivity contribution in [3.05, 3.63) is 59.0 Å². The van der Waals surface area contributed by atoms with Gasteiger partial charge in [-0.3, -0.25) is 4.99 Å². The van der Waals surface area contributed by atoms with Crippen molar-refractivity contribution in [3.8, 4) is 0 Å². The molecule has 1 aliphatic heterocycles. The van der Waals surface area contributed by atoms with Gasteiger partial charge >= 0.3 is 0 Å². The Morgan fingerprint density at radius 2 is 1.92 bits per heavy atom. The molecule has 5 nitrogen and oxygen atoms in total. The zero-order chi connectivity index (χ0) is 18.0. The molecule has 140 valence electrons. The zero-order valence-electron chi connectivity index (χ0n) is 14.9. The second-order valence-corrected chi connectivity index (χ2v) is 6.91. The molecule has 0 spiro atoms. The van der Waals surface area contributed by atoms with Crippen LogP contribution in [0.5, 0.6) is 0 Å². The predicted octanol–water partition coefficient (Wildman–Crippen LogP) is 3.29. The van der Waals surface area contributed by atoms with E-state index in [0.717, 1.165) is 68.9 Å². The molecule has 0 bridgehead atoms. The highest BCUT2D eigenvalue weighted by atomic mass is 35.5. The van der Waals surface area contributed by atoms with Gasteiger partial charge in [-0.25, -0.2) is 0 Å². The Morgan fingerprint density at radius 1 is 1.12 bits per heavy atom. The van der Waals surface area contributed by atoms with E-state index in [1.165, 1.54) is 5.56 Å². The molecule has 2 heterocycles. The van der Waals surface area contributed by atoms with Crippen molar-refractivity contribution in [2.45, 2.75) is 19.3 Å². The van der Waals surface area contributed by atoms with E-state index < -0.39 is 0 Å². The second kappa shape index (κ2) is 10.2. The molecule has 1 saturated heterocycles. The molecule has 1 fully saturated rings. The monoisotopic (exact) mass is 375 g/mol. The second-order valence-electron chi connectivity index (χ2n) is 6.48. The largest absolute Gasteiger partial charge is 0.469 e. The maximum absolute atomic E-state index is 5.94. The van der Waals surface area contributed by atoms with E-state index in [2.05, 4.69) is 22.8 Å². The number of nitrogens with one attached hydrogen (secondary N) is 2. The van der Waals surface area contributed by atoms with Gasteiger partial charge in [-0.2, -0.15) is 0 Å². The summed E-state index contributed by atoms with van der Waals surface area (Å²) in [5.74, 6) is 2.34. The molecular formula is C20H26ClN3O2. The molecule has 6 heteroatoms. The normalized spacial score (nSPS) is 17.4. The molecule has 2 N–H and O–H groups in total. The van der Waals surface area contributed by atoms with Gasteiger partial charge in [0, 0.05) is 43.6 Å². The zero-order valence-corrected chi connectivity index (χ0v) is 15.7. The number of halogens is 1. The number of ether oxygens (including phenoxy) is 1. The summed E-state index contributed by atoms with van der Waals surface area (Å²) in [6.07, 6.45) is 4.54.